The highest BCUT2D eigenvalue weighted by atomic mass is 32.1. The maximum atomic E-state index is 12.0. The van der Waals surface area contributed by atoms with Gasteiger partial charge in [0.1, 0.15) is 0 Å². The van der Waals surface area contributed by atoms with Crippen LogP contribution in [0.4, 0.5) is 9.93 Å². The molecule has 1 aromatic heterocycles. The second kappa shape index (κ2) is 6.79. The van der Waals surface area contributed by atoms with Crippen LogP contribution in [-0.2, 0) is 6.42 Å². The predicted octanol–water partition coefficient (Wildman–Crippen LogP) is 4.28. The molecule has 4 nitrogen and oxygen atoms in total. The third kappa shape index (κ3) is 3.87. The highest BCUT2D eigenvalue weighted by Gasteiger charge is 2.09. The molecule has 2 N–H and O–H groups in total. The average molecular weight is 325 g/mol. The van der Waals surface area contributed by atoms with Crippen molar-refractivity contribution in [2.45, 2.75) is 20.3 Å². The number of carbonyl (C=O) groups excluding carboxylic acids is 1. The first-order valence-corrected chi connectivity index (χ1v) is 8.40. The number of urea groups is 1. The summed E-state index contributed by atoms with van der Waals surface area (Å²) in [5, 5.41) is 6.32. The van der Waals surface area contributed by atoms with Crippen molar-refractivity contribution in [3.05, 3.63) is 59.2 Å². The number of aryl methyl sites for hydroxylation is 2. The third-order valence-electron chi connectivity index (χ3n) is 3.59. The Morgan fingerprint density at radius 3 is 2.74 bits per heavy atom. The summed E-state index contributed by atoms with van der Waals surface area (Å²) in [6.07, 6.45) is 0.812. The smallest absolute Gasteiger partial charge is 0.321 e. The fraction of sp³-hybridized carbons (Fsp3) is 0.222. The molecule has 3 aromatic rings. The van der Waals surface area contributed by atoms with Crippen LogP contribution in [0, 0.1) is 13.8 Å². The van der Waals surface area contributed by atoms with Gasteiger partial charge in [0.25, 0.3) is 0 Å². The summed E-state index contributed by atoms with van der Waals surface area (Å²) in [6, 6.07) is 14.1. The summed E-state index contributed by atoms with van der Waals surface area (Å²) in [5.74, 6) is 0. The second-order valence-electron chi connectivity index (χ2n) is 5.56. The van der Waals surface area contributed by atoms with Gasteiger partial charge in [0.15, 0.2) is 5.13 Å². The normalized spacial score (nSPS) is 10.7. The lowest BCUT2D eigenvalue weighted by atomic mass is 10.1. The molecule has 0 aliphatic carbocycles. The minimum Gasteiger partial charge on any atom is -0.337 e. The number of anilines is 1. The molecule has 23 heavy (non-hydrogen) atoms. The maximum Gasteiger partial charge on any atom is 0.321 e. The van der Waals surface area contributed by atoms with Gasteiger partial charge in [-0.25, -0.2) is 9.78 Å². The van der Waals surface area contributed by atoms with Gasteiger partial charge in [0.05, 0.1) is 10.2 Å². The number of rotatable bonds is 4. The molecule has 0 atom stereocenters. The van der Waals surface area contributed by atoms with Gasteiger partial charge in [-0.05, 0) is 43.0 Å². The first kappa shape index (κ1) is 15.5. The maximum absolute atomic E-state index is 12.0. The molecule has 0 radical (unpaired) electrons. The van der Waals surface area contributed by atoms with E-state index in [4.69, 9.17) is 0 Å². The molecule has 2 aromatic carbocycles. The summed E-state index contributed by atoms with van der Waals surface area (Å²) in [5.41, 5.74) is 4.50. The van der Waals surface area contributed by atoms with Crippen LogP contribution < -0.4 is 10.6 Å². The first-order valence-electron chi connectivity index (χ1n) is 7.58. The molecule has 0 aliphatic heterocycles. The van der Waals surface area contributed by atoms with Gasteiger partial charge in [-0.2, -0.15) is 0 Å². The Labute approximate surface area is 139 Å². The van der Waals surface area contributed by atoms with Gasteiger partial charge in [0.2, 0.25) is 0 Å². The van der Waals surface area contributed by atoms with Gasteiger partial charge >= 0.3 is 6.03 Å². The molecule has 5 heteroatoms. The van der Waals surface area contributed by atoms with Gasteiger partial charge in [-0.3, -0.25) is 5.32 Å². The minimum absolute atomic E-state index is 0.214. The van der Waals surface area contributed by atoms with E-state index in [1.165, 1.54) is 22.5 Å². The van der Waals surface area contributed by atoms with Crippen LogP contribution in [0.5, 0.6) is 0 Å². The van der Waals surface area contributed by atoms with Crippen LogP contribution in [0.2, 0.25) is 0 Å². The lowest BCUT2D eigenvalue weighted by Gasteiger charge is -2.05. The number of hydrogen-bond donors (Lipinski definition) is 2. The number of nitrogens with zero attached hydrogens (tertiary/aromatic N) is 1. The summed E-state index contributed by atoms with van der Waals surface area (Å²) < 4.78 is 1.10. The standard InChI is InChI=1S/C18H19N3OS/c1-12-10-13(2)16-15(11-12)23-18(20-16)21-17(22)19-9-8-14-6-4-3-5-7-14/h3-7,10-11H,8-9H2,1-2H3,(H2,19,20,21,22). The average Bonchev–Trinajstić information content (AvgIpc) is 2.91. The van der Waals surface area contributed by atoms with E-state index in [0.29, 0.717) is 11.7 Å². The quantitative estimate of drug-likeness (QED) is 0.752. The molecular weight excluding hydrogens is 306 g/mol. The first-order chi connectivity index (χ1) is 11.1. The molecule has 0 bridgehead atoms. The largest absolute Gasteiger partial charge is 0.337 e. The number of benzene rings is 2. The van der Waals surface area contributed by atoms with E-state index in [1.807, 2.05) is 25.1 Å². The highest BCUT2D eigenvalue weighted by Crippen LogP contribution is 2.29. The van der Waals surface area contributed by atoms with Crippen molar-refractivity contribution in [1.29, 1.82) is 0 Å². The molecule has 0 fully saturated rings. The van der Waals surface area contributed by atoms with Crippen LogP contribution in [0.1, 0.15) is 16.7 Å². The van der Waals surface area contributed by atoms with Crippen molar-refractivity contribution >= 4 is 32.7 Å². The minimum atomic E-state index is -0.214. The van der Waals surface area contributed by atoms with Crippen molar-refractivity contribution in [2.75, 3.05) is 11.9 Å². The number of carbonyl (C=O) groups is 1. The second-order valence-corrected chi connectivity index (χ2v) is 6.59. The summed E-state index contributed by atoms with van der Waals surface area (Å²) in [6.45, 7) is 4.70. The van der Waals surface area contributed by atoms with Crippen molar-refractivity contribution in [2.24, 2.45) is 0 Å². The Morgan fingerprint density at radius 2 is 1.96 bits per heavy atom. The number of fused-ring (bicyclic) bond motifs is 1. The van der Waals surface area contributed by atoms with Gasteiger partial charge in [-0.1, -0.05) is 47.7 Å². The van der Waals surface area contributed by atoms with E-state index < -0.39 is 0 Å². The van der Waals surface area contributed by atoms with Crippen LogP contribution in [-0.4, -0.2) is 17.6 Å². The van der Waals surface area contributed by atoms with Gasteiger partial charge in [0, 0.05) is 6.54 Å². The zero-order valence-corrected chi connectivity index (χ0v) is 14.0. The highest BCUT2D eigenvalue weighted by molar-refractivity contribution is 7.22. The lowest BCUT2D eigenvalue weighted by molar-refractivity contribution is 0.252. The summed E-state index contributed by atoms with van der Waals surface area (Å²) >= 11 is 1.50. The fourth-order valence-corrected chi connectivity index (χ4v) is 3.57. The monoisotopic (exact) mass is 325 g/mol. The molecule has 0 saturated heterocycles. The Balaban J connectivity index is 1.58. The van der Waals surface area contributed by atoms with E-state index in [9.17, 15) is 4.79 Å². The van der Waals surface area contributed by atoms with Crippen LogP contribution >= 0.6 is 11.3 Å². The number of hydrogen-bond acceptors (Lipinski definition) is 3. The van der Waals surface area contributed by atoms with Crippen molar-refractivity contribution < 1.29 is 4.79 Å². The zero-order valence-electron chi connectivity index (χ0n) is 13.2. The van der Waals surface area contributed by atoms with Crippen LogP contribution in [0.25, 0.3) is 10.2 Å². The molecule has 2 amide bonds. The number of amides is 2. The van der Waals surface area contributed by atoms with Crippen molar-refractivity contribution in [3.8, 4) is 0 Å². The van der Waals surface area contributed by atoms with Crippen molar-refractivity contribution in [3.63, 3.8) is 0 Å². The van der Waals surface area contributed by atoms with E-state index in [2.05, 4.69) is 46.8 Å². The molecule has 118 valence electrons. The molecule has 3 rings (SSSR count). The Bertz CT molecular complexity index is 827. The molecule has 0 saturated carbocycles. The van der Waals surface area contributed by atoms with Crippen LogP contribution in [0.15, 0.2) is 42.5 Å². The third-order valence-corrected chi connectivity index (χ3v) is 4.51. The van der Waals surface area contributed by atoms with E-state index in [0.717, 1.165) is 22.2 Å². The molecule has 0 aliphatic rings. The Hall–Kier alpha value is -2.40. The number of aromatic nitrogens is 1. The summed E-state index contributed by atoms with van der Waals surface area (Å²) in [4.78, 5) is 16.5. The molecular formula is C18H19N3OS. The zero-order chi connectivity index (χ0) is 16.2. The fourth-order valence-electron chi connectivity index (χ4n) is 2.53. The van der Waals surface area contributed by atoms with E-state index >= 15 is 0 Å². The lowest BCUT2D eigenvalue weighted by Crippen LogP contribution is -2.30. The SMILES string of the molecule is Cc1cc(C)c2nc(NC(=O)NCCc3ccccc3)sc2c1. The number of thiazole rings is 1. The van der Waals surface area contributed by atoms with Crippen LogP contribution in [0.3, 0.4) is 0 Å². The van der Waals surface area contributed by atoms with Gasteiger partial charge in [-0.15, -0.1) is 0 Å². The Morgan fingerprint density at radius 1 is 1.17 bits per heavy atom. The summed E-state index contributed by atoms with van der Waals surface area (Å²) in [7, 11) is 0. The predicted molar refractivity (Wildman–Crippen MR) is 96.3 cm³/mol. The topological polar surface area (TPSA) is 54.0 Å². The molecule has 0 unspecified atom stereocenters. The van der Waals surface area contributed by atoms with E-state index in [1.54, 1.807) is 0 Å². The van der Waals surface area contributed by atoms with Gasteiger partial charge < -0.3 is 5.32 Å². The van der Waals surface area contributed by atoms with Crippen molar-refractivity contribution in [1.82, 2.24) is 10.3 Å². The Kier molecular flexibility index (Phi) is 4.57. The molecule has 0 spiro atoms. The van der Waals surface area contributed by atoms with E-state index in [-0.39, 0.29) is 6.03 Å². The number of nitrogens with one attached hydrogen (secondary N) is 2. The molecule has 1 heterocycles.